The molecule has 0 radical (unpaired) electrons. The molecule has 8 heteroatoms. The lowest BCUT2D eigenvalue weighted by molar-refractivity contribution is 0.0945. The minimum absolute atomic E-state index is 0.0476. The Kier molecular flexibility index (Phi) is 7.15. The Balaban J connectivity index is 1.68. The zero-order valence-electron chi connectivity index (χ0n) is 20.4. The smallest absolute Gasteiger partial charge is 0.269 e. The summed E-state index contributed by atoms with van der Waals surface area (Å²) in [5, 5.41) is 13.4. The Morgan fingerprint density at radius 2 is 1.86 bits per heavy atom. The van der Waals surface area contributed by atoms with Gasteiger partial charge < -0.3 is 21.1 Å². The first-order valence-corrected chi connectivity index (χ1v) is 11.7. The standard InChI is InChI=1S/C28H29N5O3/c1-4-18-13-23(27(34)33-20-9-7-19(8-10-20)26(29)30)22(14-25(18)36-3)21-11-12-24(32-16(21)2)28(35)31-15-17-5-6-17/h4,7-14,17H,1,5-6,15H2,2-3H3,(H3,29,30)(H,31,35)(H,33,34). The number of carbonyl (C=O) groups excluding carboxylic acids is 2. The Bertz CT molecular complexity index is 1340. The molecular formula is C28H29N5O3. The summed E-state index contributed by atoms with van der Waals surface area (Å²) in [5.74, 6) is 0.548. The molecule has 0 saturated heterocycles. The number of pyridine rings is 1. The van der Waals surface area contributed by atoms with Gasteiger partial charge in [0.05, 0.1) is 7.11 Å². The predicted molar refractivity (Wildman–Crippen MR) is 142 cm³/mol. The molecule has 2 amide bonds. The third-order valence-electron chi connectivity index (χ3n) is 6.15. The van der Waals surface area contributed by atoms with E-state index < -0.39 is 0 Å². The van der Waals surface area contributed by atoms with Crippen LogP contribution in [0.2, 0.25) is 0 Å². The first kappa shape index (κ1) is 24.7. The molecular weight excluding hydrogens is 454 g/mol. The normalized spacial score (nSPS) is 12.5. The lowest BCUT2D eigenvalue weighted by Crippen LogP contribution is -2.26. The van der Waals surface area contributed by atoms with Gasteiger partial charge >= 0.3 is 0 Å². The van der Waals surface area contributed by atoms with Gasteiger partial charge in [-0.15, -0.1) is 0 Å². The zero-order chi connectivity index (χ0) is 25.8. The van der Waals surface area contributed by atoms with Gasteiger partial charge in [-0.3, -0.25) is 15.0 Å². The fourth-order valence-corrected chi connectivity index (χ4v) is 3.90. The summed E-state index contributed by atoms with van der Waals surface area (Å²) in [6.07, 6.45) is 3.93. The van der Waals surface area contributed by atoms with Gasteiger partial charge in [0.15, 0.2) is 0 Å². The van der Waals surface area contributed by atoms with Crippen molar-refractivity contribution in [3.63, 3.8) is 0 Å². The molecule has 1 aliphatic carbocycles. The number of nitrogens with two attached hydrogens (primary N) is 1. The molecule has 36 heavy (non-hydrogen) atoms. The number of hydrogen-bond donors (Lipinski definition) is 4. The second-order valence-electron chi connectivity index (χ2n) is 8.77. The van der Waals surface area contributed by atoms with Gasteiger partial charge in [0, 0.05) is 40.2 Å². The van der Waals surface area contributed by atoms with E-state index in [-0.39, 0.29) is 17.6 Å². The Morgan fingerprint density at radius 3 is 2.44 bits per heavy atom. The number of methoxy groups -OCH3 is 1. The minimum atomic E-state index is -0.336. The lowest BCUT2D eigenvalue weighted by Gasteiger charge is -2.16. The van der Waals surface area contributed by atoms with Gasteiger partial charge in [-0.1, -0.05) is 18.7 Å². The van der Waals surface area contributed by atoms with E-state index in [1.54, 1.807) is 61.7 Å². The van der Waals surface area contributed by atoms with Crippen LogP contribution in [0.3, 0.4) is 0 Å². The van der Waals surface area contributed by atoms with Crippen molar-refractivity contribution >= 4 is 29.4 Å². The summed E-state index contributed by atoms with van der Waals surface area (Å²) in [4.78, 5) is 30.4. The number of amides is 2. The van der Waals surface area contributed by atoms with Crippen molar-refractivity contribution in [3.05, 3.63) is 83.2 Å². The first-order valence-electron chi connectivity index (χ1n) is 11.7. The highest BCUT2D eigenvalue weighted by molar-refractivity contribution is 6.10. The molecule has 1 aliphatic rings. The maximum absolute atomic E-state index is 13.4. The molecule has 0 unspecified atom stereocenters. The number of aryl methyl sites for hydroxylation is 1. The molecule has 4 rings (SSSR count). The molecule has 5 N–H and O–H groups in total. The van der Waals surface area contributed by atoms with Crippen LogP contribution in [0.5, 0.6) is 5.75 Å². The molecule has 0 spiro atoms. The molecule has 0 bridgehead atoms. The number of benzene rings is 2. The summed E-state index contributed by atoms with van der Waals surface area (Å²) < 4.78 is 5.53. The lowest BCUT2D eigenvalue weighted by atomic mass is 9.94. The number of aromatic nitrogens is 1. The molecule has 1 heterocycles. The third-order valence-corrected chi connectivity index (χ3v) is 6.15. The van der Waals surface area contributed by atoms with E-state index in [1.807, 2.05) is 6.92 Å². The van der Waals surface area contributed by atoms with Crippen LogP contribution in [0.15, 0.2) is 55.1 Å². The summed E-state index contributed by atoms with van der Waals surface area (Å²) >= 11 is 0. The highest BCUT2D eigenvalue weighted by Crippen LogP contribution is 2.34. The zero-order valence-corrected chi connectivity index (χ0v) is 20.4. The maximum atomic E-state index is 13.4. The van der Waals surface area contributed by atoms with Gasteiger partial charge in [0.1, 0.15) is 17.3 Å². The van der Waals surface area contributed by atoms with Crippen LogP contribution < -0.4 is 21.1 Å². The third kappa shape index (κ3) is 5.43. The van der Waals surface area contributed by atoms with E-state index in [1.165, 1.54) is 0 Å². The average Bonchev–Trinajstić information content (AvgIpc) is 3.71. The highest BCUT2D eigenvalue weighted by Gasteiger charge is 2.23. The van der Waals surface area contributed by atoms with Crippen LogP contribution in [0, 0.1) is 18.3 Å². The number of nitrogens with zero attached hydrogens (tertiary/aromatic N) is 1. The quantitative estimate of drug-likeness (QED) is 0.265. The number of anilines is 1. The van der Waals surface area contributed by atoms with Crippen LogP contribution >= 0.6 is 0 Å². The molecule has 184 valence electrons. The monoisotopic (exact) mass is 483 g/mol. The van der Waals surface area contributed by atoms with Crippen molar-refractivity contribution in [3.8, 4) is 16.9 Å². The van der Waals surface area contributed by atoms with Crippen molar-refractivity contribution < 1.29 is 14.3 Å². The minimum Gasteiger partial charge on any atom is -0.496 e. The second-order valence-corrected chi connectivity index (χ2v) is 8.77. The topological polar surface area (TPSA) is 130 Å². The van der Waals surface area contributed by atoms with Crippen LogP contribution in [-0.4, -0.2) is 36.3 Å². The number of carbonyl (C=O) groups is 2. The molecule has 8 nitrogen and oxygen atoms in total. The van der Waals surface area contributed by atoms with Gasteiger partial charge in [-0.2, -0.15) is 0 Å². The van der Waals surface area contributed by atoms with Crippen LogP contribution in [0.25, 0.3) is 17.2 Å². The van der Waals surface area contributed by atoms with Crippen LogP contribution in [-0.2, 0) is 0 Å². The predicted octanol–water partition coefficient (Wildman–Crippen LogP) is 4.38. The van der Waals surface area contributed by atoms with Crippen LogP contribution in [0.1, 0.15) is 50.5 Å². The number of ether oxygens (including phenoxy) is 1. The number of nitrogens with one attached hydrogen (secondary N) is 3. The summed E-state index contributed by atoms with van der Waals surface area (Å²) in [5.41, 5.74) is 9.98. The van der Waals surface area contributed by atoms with E-state index in [2.05, 4.69) is 22.2 Å². The fourth-order valence-electron chi connectivity index (χ4n) is 3.90. The molecule has 2 aromatic carbocycles. The molecule has 0 atom stereocenters. The fraction of sp³-hybridized carbons (Fsp3) is 0.214. The van der Waals surface area contributed by atoms with Gasteiger partial charge in [-0.05, 0) is 73.7 Å². The average molecular weight is 484 g/mol. The number of rotatable bonds is 9. The van der Waals surface area contributed by atoms with E-state index in [9.17, 15) is 9.59 Å². The molecule has 0 aliphatic heterocycles. The van der Waals surface area contributed by atoms with Crippen molar-refractivity contribution in [2.75, 3.05) is 19.0 Å². The van der Waals surface area contributed by atoms with E-state index in [0.717, 1.165) is 12.8 Å². The molecule has 3 aromatic rings. The maximum Gasteiger partial charge on any atom is 0.269 e. The highest BCUT2D eigenvalue weighted by atomic mass is 16.5. The van der Waals surface area contributed by atoms with Crippen molar-refractivity contribution in [2.45, 2.75) is 19.8 Å². The number of nitrogen functional groups attached to an aromatic ring is 1. The summed E-state index contributed by atoms with van der Waals surface area (Å²) in [6.45, 7) is 6.31. The van der Waals surface area contributed by atoms with Gasteiger partial charge in [0.25, 0.3) is 11.8 Å². The van der Waals surface area contributed by atoms with E-state index >= 15 is 0 Å². The molecule has 1 aromatic heterocycles. The van der Waals surface area contributed by atoms with Crippen molar-refractivity contribution in [2.24, 2.45) is 11.7 Å². The van der Waals surface area contributed by atoms with E-state index in [0.29, 0.717) is 63.1 Å². The van der Waals surface area contributed by atoms with Gasteiger partial charge in [0.2, 0.25) is 0 Å². The molecule has 1 saturated carbocycles. The number of amidine groups is 1. The molecule has 1 fully saturated rings. The SMILES string of the molecule is C=Cc1cc(C(=O)Nc2ccc(C(=N)N)cc2)c(-c2ccc(C(=O)NCC3CC3)nc2C)cc1OC. The Morgan fingerprint density at radius 1 is 1.14 bits per heavy atom. The summed E-state index contributed by atoms with van der Waals surface area (Å²) in [7, 11) is 1.56. The van der Waals surface area contributed by atoms with Gasteiger partial charge in [-0.25, -0.2) is 4.98 Å². The Labute approximate surface area is 210 Å². The Hall–Kier alpha value is -4.46. The first-order chi connectivity index (χ1) is 17.3. The largest absolute Gasteiger partial charge is 0.496 e. The van der Waals surface area contributed by atoms with E-state index in [4.69, 9.17) is 15.9 Å². The summed E-state index contributed by atoms with van der Waals surface area (Å²) in [6, 6.07) is 13.7. The van der Waals surface area contributed by atoms with Crippen molar-refractivity contribution in [1.29, 1.82) is 5.41 Å². The van der Waals surface area contributed by atoms with Crippen LogP contribution in [0.4, 0.5) is 5.69 Å². The second kappa shape index (κ2) is 10.4. The number of hydrogen-bond acceptors (Lipinski definition) is 5. The van der Waals surface area contributed by atoms with Crippen molar-refractivity contribution in [1.82, 2.24) is 10.3 Å².